The summed E-state index contributed by atoms with van der Waals surface area (Å²) in [6, 6.07) is 9.59. The Morgan fingerprint density at radius 3 is 2.95 bits per heavy atom. The molecule has 3 rings (SSSR count). The number of benzene rings is 1. The molecule has 0 atom stereocenters. The lowest BCUT2D eigenvalue weighted by molar-refractivity contribution is 0.282. The highest BCUT2D eigenvalue weighted by atomic mass is 16.3. The molecule has 5 heteroatoms. The van der Waals surface area contributed by atoms with Crippen LogP contribution in [0.1, 0.15) is 5.56 Å². The number of nitrogens with one attached hydrogen (secondary N) is 1. The third-order valence-corrected chi connectivity index (χ3v) is 2.99. The van der Waals surface area contributed by atoms with Gasteiger partial charge in [0, 0.05) is 25.0 Å². The fourth-order valence-electron chi connectivity index (χ4n) is 1.98. The van der Waals surface area contributed by atoms with Crippen molar-refractivity contribution in [3.8, 4) is 11.3 Å². The summed E-state index contributed by atoms with van der Waals surface area (Å²) in [7, 11) is 1.83. The van der Waals surface area contributed by atoms with Gasteiger partial charge in [0.1, 0.15) is 5.82 Å². The van der Waals surface area contributed by atoms with Crippen LogP contribution in [-0.2, 0) is 6.61 Å². The summed E-state index contributed by atoms with van der Waals surface area (Å²) >= 11 is 0. The molecular weight excluding hydrogens is 240 g/mol. The van der Waals surface area contributed by atoms with Gasteiger partial charge in [-0.1, -0.05) is 18.2 Å². The number of hydrogen-bond donors (Lipinski definition) is 2. The summed E-state index contributed by atoms with van der Waals surface area (Å²) in [5, 5.41) is 12.2. The second-order valence-electron chi connectivity index (χ2n) is 4.25. The smallest absolute Gasteiger partial charge is 0.236 e. The second-order valence-corrected chi connectivity index (χ2v) is 4.25. The van der Waals surface area contributed by atoms with Crippen LogP contribution in [-0.4, -0.2) is 26.5 Å². The molecule has 0 saturated heterocycles. The first-order chi connectivity index (χ1) is 9.30. The van der Waals surface area contributed by atoms with E-state index in [1.165, 1.54) is 0 Å². The molecule has 96 valence electrons. The Labute approximate surface area is 110 Å². The number of imidazole rings is 1. The normalized spacial score (nSPS) is 10.8. The number of hydrogen-bond acceptors (Lipinski definition) is 4. The average Bonchev–Trinajstić information content (AvgIpc) is 2.90. The van der Waals surface area contributed by atoms with Gasteiger partial charge in [-0.15, -0.1) is 0 Å². The Morgan fingerprint density at radius 1 is 1.26 bits per heavy atom. The predicted molar refractivity (Wildman–Crippen MR) is 73.9 cm³/mol. The van der Waals surface area contributed by atoms with Gasteiger partial charge in [-0.2, -0.15) is 4.98 Å². The van der Waals surface area contributed by atoms with Gasteiger partial charge >= 0.3 is 0 Å². The van der Waals surface area contributed by atoms with Gasteiger partial charge in [0.2, 0.25) is 5.78 Å². The first-order valence-electron chi connectivity index (χ1n) is 6.04. The van der Waals surface area contributed by atoms with Crippen molar-refractivity contribution in [1.29, 1.82) is 0 Å². The van der Waals surface area contributed by atoms with E-state index in [0.29, 0.717) is 5.78 Å². The SMILES string of the molecule is CNc1ccn2cc(-c3cccc(CO)c3)nc2n1. The van der Waals surface area contributed by atoms with Gasteiger partial charge in [-0.05, 0) is 17.7 Å². The van der Waals surface area contributed by atoms with E-state index in [-0.39, 0.29) is 6.61 Å². The molecule has 0 spiro atoms. The van der Waals surface area contributed by atoms with Crippen LogP contribution in [0.15, 0.2) is 42.7 Å². The monoisotopic (exact) mass is 254 g/mol. The summed E-state index contributed by atoms with van der Waals surface area (Å²) in [4.78, 5) is 8.87. The number of anilines is 1. The maximum Gasteiger partial charge on any atom is 0.236 e. The number of aliphatic hydroxyl groups excluding tert-OH is 1. The molecule has 5 nitrogen and oxygen atoms in total. The van der Waals surface area contributed by atoms with Gasteiger partial charge in [0.25, 0.3) is 0 Å². The van der Waals surface area contributed by atoms with Gasteiger partial charge < -0.3 is 10.4 Å². The van der Waals surface area contributed by atoms with Gasteiger partial charge in [0.15, 0.2) is 0 Å². The lowest BCUT2D eigenvalue weighted by Gasteiger charge is -1.99. The zero-order valence-electron chi connectivity index (χ0n) is 10.5. The Bertz CT molecular complexity index is 720. The Morgan fingerprint density at radius 2 is 2.16 bits per heavy atom. The van der Waals surface area contributed by atoms with E-state index in [1.54, 1.807) is 0 Å². The molecule has 3 aromatic rings. The molecule has 0 aliphatic heterocycles. The van der Waals surface area contributed by atoms with Crippen molar-refractivity contribution >= 4 is 11.6 Å². The Hall–Kier alpha value is -2.40. The third kappa shape index (κ3) is 2.15. The van der Waals surface area contributed by atoms with Crippen LogP contribution in [0.3, 0.4) is 0 Å². The Balaban J connectivity index is 2.09. The van der Waals surface area contributed by atoms with E-state index in [0.717, 1.165) is 22.6 Å². The molecule has 0 saturated carbocycles. The van der Waals surface area contributed by atoms with Crippen LogP contribution < -0.4 is 5.32 Å². The molecule has 0 amide bonds. The van der Waals surface area contributed by atoms with E-state index >= 15 is 0 Å². The van der Waals surface area contributed by atoms with E-state index < -0.39 is 0 Å². The minimum atomic E-state index is 0.0311. The summed E-state index contributed by atoms with van der Waals surface area (Å²) in [6.45, 7) is 0.0311. The van der Waals surface area contributed by atoms with Crippen molar-refractivity contribution in [2.75, 3.05) is 12.4 Å². The largest absolute Gasteiger partial charge is 0.392 e. The number of aliphatic hydroxyl groups is 1. The highest BCUT2D eigenvalue weighted by molar-refractivity contribution is 5.62. The number of rotatable bonds is 3. The van der Waals surface area contributed by atoms with E-state index in [4.69, 9.17) is 0 Å². The van der Waals surface area contributed by atoms with Gasteiger partial charge in [-0.25, -0.2) is 4.98 Å². The topological polar surface area (TPSA) is 62.5 Å². The maximum atomic E-state index is 9.17. The molecule has 0 radical (unpaired) electrons. The fourth-order valence-corrected chi connectivity index (χ4v) is 1.98. The number of fused-ring (bicyclic) bond motifs is 1. The van der Waals surface area contributed by atoms with Crippen molar-refractivity contribution < 1.29 is 5.11 Å². The van der Waals surface area contributed by atoms with E-state index in [2.05, 4.69) is 15.3 Å². The summed E-state index contributed by atoms with van der Waals surface area (Å²) in [5.74, 6) is 1.44. The lowest BCUT2D eigenvalue weighted by Crippen LogP contribution is -1.94. The van der Waals surface area contributed by atoms with Gasteiger partial charge in [0.05, 0.1) is 12.3 Å². The molecule has 2 heterocycles. The summed E-state index contributed by atoms with van der Waals surface area (Å²) in [5.41, 5.74) is 2.69. The standard InChI is InChI=1S/C14H14N4O/c1-15-13-5-6-18-8-12(16-14(18)17-13)11-4-2-3-10(7-11)9-19/h2-8,19H,9H2,1H3,(H,15,16,17). The number of aromatic nitrogens is 3. The van der Waals surface area contributed by atoms with E-state index in [1.807, 2.05) is 54.2 Å². The maximum absolute atomic E-state index is 9.17. The molecule has 0 bridgehead atoms. The molecule has 0 fully saturated rings. The molecule has 1 aromatic carbocycles. The quantitative estimate of drug-likeness (QED) is 0.749. The van der Waals surface area contributed by atoms with Crippen LogP contribution in [0, 0.1) is 0 Å². The van der Waals surface area contributed by atoms with Crippen molar-refractivity contribution in [2.24, 2.45) is 0 Å². The van der Waals surface area contributed by atoms with E-state index in [9.17, 15) is 5.11 Å². The molecule has 0 aliphatic carbocycles. The molecule has 0 aliphatic rings. The van der Waals surface area contributed by atoms with Crippen molar-refractivity contribution in [1.82, 2.24) is 14.4 Å². The molecule has 2 N–H and O–H groups in total. The first-order valence-corrected chi connectivity index (χ1v) is 6.04. The molecule has 19 heavy (non-hydrogen) atoms. The minimum absolute atomic E-state index is 0.0311. The van der Waals surface area contributed by atoms with Crippen molar-refractivity contribution in [3.63, 3.8) is 0 Å². The summed E-state index contributed by atoms with van der Waals surface area (Å²) < 4.78 is 1.88. The molecule has 2 aromatic heterocycles. The zero-order valence-corrected chi connectivity index (χ0v) is 10.5. The minimum Gasteiger partial charge on any atom is -0.392 e. The number of nitrogens with zero attached hydrogens (tertiary/aromatic N) is 3. The zero-order chi connectivity index (χ0) is 13.2. The highest BCUT2D eigenvalue weighted by Crippen LogP contribution is 2.20. The second kappa shape index (κ2) is 4.70. The fraction of sp³-hybridized carbons (Fsp3) is 0.143. The van der Waals surface area contributed by atoms with Crippen LogP contribution in [0.4, 0.5) is 5.82 Å². The predicted octanol–water partition coefficient (Wildman–Crippen LogP) is 1.93. The Kier molecular flexibility index (Phi) is 2.89. The average molecular weight is 254 g/mol. The van der Waals surface area contributed by atoms with Gasteiger partial charge in [-0.3, -0.25) is 4.40 Å². The van der Waals surface area contributed by atoms with Crippen molar-refractivity contribution in [3.05, 3.63) is 48.3 Å². The van der Waals surface area contributed by atoms with Crippen LogP contribution in [0.25, 0.3) is 17.0 Å². The van der Waals surface area contributed by atoms with Crippen LogP contribution >= 0.6 is 0 Å². The third-order valence-electron chi connectivity index (χ3n) is 2.99. The van der Waals surface area contributed by atoms with Crippen LogP contribution in [0.2, 0.25) is 0 Å². The van der Waals surface area contributed by atoms with Crippen LogP contribution in [0.5, 0.6) is 0 Å². The highest BCUT2D eigenvalue weighted by Gasteiger charge is 2.06. The molecular formula is C14H14N4O. The molecule has 0 unspecified atom stereocenters. The summed E-state index contributed by atoms with van der Waals surface area (Å²) in [6.07, 6.45) is 3.85. The first kappa shape index (κ1) is 11.7. The van der Waals surface area contributed by atoms with Crippen molar-refractivity contribution in [2.45, 2.75) is 6.61 Å². The lowest BCUT2D eigenvalue weighted by atomic mass is 10.1.